The molecule has 160 valence electrons. The maximum absolute atomic E-state index is 13.2. The van der Waals surface area contributed by atoms with Gasteiger partial charge in [-0.3, -0.25) is 19.6 Å². The van der Waals surface area contributed by atoms with Crippen LogP contribution in [-0.2, 0) is 6.54 Å². The second-order valence-corrected chi connectivity index (χ2v) is 7.86. The van der Waals surface area contributed by atoms with E-state index >= 15 is 0 Å². The molecule has 0 fully saturated rings. The molecule has 2 aromatic heterocycles. The molecule has 0 atom stereocenters. The summed E-state index contributed by atoms with van der Waals surface area (Å²) in [6.45, 7) is 0.173. The first kappa shape index (κ1) is 21.0. The number of hydrogen-bond acceptors (Lipinski definition) is 6. The fourth-order valence-electron chi connectivity index (χ4n) is 3.19. The number of carboxylic acids is 1. The maximum atomic E-state index is 13.2. The summed E-state index contributed by atoms with van der Waals surface area (Å²) < 4.78 is 0. The Morgan fingerprint density at radius 1 is 1.03 bits per heavy atom. The normalized spacial score (nSPS) is 10.6. The molecule has 9 heteroatoms. The van der Waals surface area contributed by atoms with Crippen LogP contribution in [0.5, 0.6) is 5.88 Å². The summed E-state index contributed by atoms with van der Waals surface area (Å²) in [5.41, 5.74) is 2.30. The van der Waals surface area contributed by atoms with Crippen LogP contribution in [0.2, 0.25) is 0 Å². The second-order valence-electron chi connectivity index (χ2n) is 6.88. The minimum absolute atomic E-state index is 0.0691. The van der Waals surface area contributed by atoms with Crippen molar-refractivity contribution in [3.63, 3.8) is 0 Å². The van der Waals surface area contributed by atoms with Crippen molar-refractivity contribution in [1.29, 1.82) is 0 Å². The van der Waals surface area contributed by atoms with Crippen molar-refractivity contribution >= 4 is 28.9 Å². The van der Waals surface area contributed by atoms with E-state index < -0.39 is 5.97 Å². The van der Waals surface area contributed by atoms with Gasteiger partial charge in [0.25, 0.3) is 5.91 Å². The SMILES string of the molecule is O=C(O)c1cccc(N(Cc2ccc(-c3sc(=O)[nH]c3O)cc2)C(=O)c2cccnc2)c1. The summed E-state index contributed by atoms with van der Waals surface area (Å²) in [4.78, 5) is 44.0. The Hall–Kier alpha value is -4.24. The van der Waals surface area contributed by atoms with Crippen LogP contribution in [0.1, 0.15) is 26.3 Å². The van der Waals surface area contributed by atoms with Gasteiger partial charge in [0.15, 0.2) is 0 Å². The van der Waals surface area contributed by atoms with Crippen molar-refractivity contribution in [2.45, 2.75) is 6.54 Å². The lowest BCUT2D eigenvalue weighted by Crippen LogP contribution is -2.30. The standard InChI is InChI=1S/C23H17N3O5S/c27-20-19(32-23(31)25-20)15-8-6-14(7-9-15)13-26(21(28)17-4-2-10-24-12-17)18-5-1-3-16(11-18)22(29)30/h1-12,27H,13H2,(H,25,31)(H,29,30). The molecule has 4 rings (SSSR count). The van der Waals surface area contributed by atoms with E-state index in [1.54, 1.807) is 54.7 Å². The molecule has 0 aliphatic rings. The molecular formula is C23H17N3O5S. The third-order valence-electron chi connectivity index (χ3n) is 4.75. The minimum atomic E-state index is -1.09. The van der Waals surface area contributed by atoms with E-state index in [0.29, 0.717) is 21.7 Å². The molecule has 8 nitrogen and oxygen atoms in total. The molecule has 0 aliphatic carbocycles. The summed E-state index contributed by atoms with van der Waals surface area (Å²) in [7, 11) is 0. The Kier molecular flexibility index (Phi) is 5.82. The molecule has 0 radical (unpaired) electrons. The van der Waals surface area contributed by atoms with Crippen LogP contribution < -0.4 is 9.77 Å². The highest BCUT2D eigenvalue weighted by Crippen LogP contribution is 2.30. The van der Waals surface area contributed by atoms with Crippen LogP contribution in [0.4, 0.5) is 5.69 Å². The van der Waals surface area contributed by atoms with Gasteiger partial charge >= 0.3 is 10.8 Å². The molecule has 0 saturated heterocycles. The van der Waals surface area contributed by atoms with Gasteiger partial charge in [0.1, 0.15) is 0 Å². The van der Waals surface area contributed by atoms with E-state index in [1.165, 1.54) is 23.2 Å². The average Bonchev–Trinajstić information content (AvgIpc) is 3.16. The molecule has 4 aromatic rings. The smallest absolute Gasteiger partial charge is 0.335 e. The largest absolute Gasteiger partial charge is 0.493 e. The maximum Gasteiger partial charge on any atom is 0.335 e. The Balaban J connectivity index is 1.68. The van der Waals surface area contributed by atoms with Crippen LogP contribution >= 0.6 is 11.3 Å². The van der Waals surface area contributed by atoms with Crippen LogP contribution in [0, 0.1) is 0 Å². The van der Waals surface area contributed by atoms with E-state index in [-0.39, 0.29) is 28.8 Å². The lowest BCUT2D eigenvalue weighted by atomic mass is 10.1. The number of nitrogens with one attached hydrogen (secondary N) is 1. The number of pyridine rings is 1. The van der Waals surface area contributed by atoms with E-state index in [0.717, 1.165) is 16.9 Å². The Bertz CT molecular complexity index is 1330. The molecule has 0 saturated carbocycles. The van der Waals surface area contributed by atoms with Crippen molar-refractivity contribution in [2.24, 2.45) is 0 Å². The average molecular weight is 447 g/mol. The number of aromatic nitrogens is 2. The van der Waals surface area contributed by atoms with Gasteiger partial charge in [-0.25, -0.2) is 4.79 Å². The molecule has 3 N–H and O–H groups in total. The number of benzene rings is 2. The Labute approximate surface area is 186 Å². The molecular weight excluding hydrogens is 430 g/mol. The van der Waals surface area contributed by atoms with Crippen LogP contribution in [-0.4, -0.2) is 32.1 Å². The zero-order valence-corrected chi connectivity index (χ0v) is 17.4. The van der Waals surface area contributed by atoms with Crippen molar-refractivity contribution in [2.75, 3.05) is 4.90 Å². The number of amides is 1. The summed E-state index contributed by atoms with van der Waals surface area (Å²) in [5.74, 6) is -1.60. The van der Waals surface area contributed by atoms with Gasteiger partial charge < -0.3 is 15.1 Å². The van der Waals surface area contributed by atoms with Gasteiger partial charge in [0.2, 0.25) is 5.88 Å². The molecule has 0 aliphatic heterocycles. The fourth-order valence-corrected chi connectivity index (χ4v) is 3.93. The first-order valence-corrected chi connectivity index (χ1v) is 10.3. The molecule has 32 heavy (non-hydrogen) atoms. The summed E-state index contributed by atoms with van der Waals surface area (Å²) in [6, 6.07) is 16.5. The first-order valence-electron chi connectivity index (χ1n) is 9.49. The number of carboxylic acid groups (broad SMARTS) is 1. The van der Waals surface area contributed by atoms with Gasteiger partial charge in [-0.1, -0.05) is 41.7 Å². The number of H-pyrrole nitrogens is 1. The van der Waals surface area contributed by atoms with Crippen molar-refractivity contribution in [3.8, 4) is 16.3 Å². The second kappa shape index (κ2) is 8.86. The number of aromatic hydroxyl groups is 1. The van der Waals surface area contributed by atoms with Gasteiger partial charge in [0, 0.05) is 18.1 Å². The zero-order valence-electron chi connectivity index (χ0n) is 16.6. The quantitative estimate of drug-likeness (QED) is 0.414. The summed E-state index contributed by atoms with van der Waals surface area (Å²) >= 11 is 0.902. The van der Waals surface area contributed by atoms with E-state index in [4.69, 9.17) is 0 Å². The highest BCUT2D eigenvalue weighted by molar-refractivity contribution is 7.13. The number of hydrogen-bond donors (Lipinski definition) is 3. The summed E-state index contributed by atoms with van der Waals surface area (Å²) in [5, 5.41) is 19.2. The van der Waals surface area contributed by atoms with Crippen molar-refractivity contribution in [3.05, 3.63) is 99.4 Å². The number of aromatic amines is 1. The third kappa shape index (κ3) is 4.42. The monoisotopic (exact) mass is 447 g/mol. The van der Waals surface area contributed by atoms with Gasteiger partial charge in [-0.2, -0.15) is 0 Å². The first-order chi connectivity index (χ1) is 15.4. The number of anilines is 1. The van der Waals surface area contributed by atoms with E-state index in [2.05, 4.69) is 9.97 Å². The van der Waals surface area contributed by atoms with Crippen molar-refractivity contribution < 1.29 is 19.8 Å². The molecule has 0 spiro atoms. The molecule has 1 amide bonds. The molecule has 0 unspecified atom stereocenters. The molecule has 2 aromatic carbocycles. The number of carbonyl (C=O) groups is 2. The highest BCUT2D eigenvalue weighted by Gasteiger charge is 2.20. The van der Waals surface area contributed by atoms with Gasteiger partial charge in [-0.05, 0) is 41.5 Å². The Morgan fingerprint density at radius 2 is 1.78 bits per heavy atom. The zero-order chi connectivity index (χ0) is 22.7. The predicted molar refractivity (Wildman–Crippen MR) is 120 cm³/mol. The lowest BCUT2D eigenvalue weighted by molar-refractivity contribution is 0.0696. The van der Waals surface area contributed by atoms with Crippen LogP contribution in [0.15, 0.2) is 77.9 Å². The number of aromatic carboxylic acids is 1. The summed E-state index contributed by atoms with van der Waals surface area (Å²) in [6.07, 6.45) is 3.02. The Morgan fingerprint density at radius 3 is 2.41 bits per heavy atom. The van der Waals surface area contributed by atoms with Crippen LogP contribution in [0.3, 0.4) is 0 Å². The highest BCUT2D eigenvalue weighted by atomic mass is 32.1. The van der Waals surface area contributed by atoms with Gasteiger partial charge in [0.05, 0.1) is 22.5 Å². The fraction of sp³-hybridized carbons (Fsp3) is 0.0435. The van der Waals surface area contributed by atoms with E-state index in [1.807, 2.05) is 0 Å². The topological polar surface area (TPSA) is 124 Å². The van der Waals surface area contributed by atoms with E-state index in [9.17, 15) is 24.6 Å². The molecule has 0 bridgehead atoms. The number of carbonyl (C=O) groups excluding carboxylic acids is 1. The number of nitrogens with zero attached hydrogens (tertiary/aromatic N) is 2. The van der Waals surface area contributed by atoms with Crippen LogP contribution in [0.25, 0.3) is 10.4 Å². The lowest BCUT2D eigenvalue weighted by Gasteiger charge is -2.23. The third-order valence-corrected chi connectivity index (χ3v) is 5.67. The van der Waals surface area contributed by atoms with Crippen molar-refractivity contribution in [1.82, 2.24) is 9.97 Å². The number of rotatable bonds is 6. The number of thiazole rings is 1. The molecule has 2 heterocycles. The minimum Gasteiger partial charge on any atom is -0.493 e. The predicted octanol–water partition coefficient (Wildman–Crippen LogP) is 3.75. The van der Waals surface area contributed by atoms with Gasteiger partial charge in [-0.15, -0.1) is 0 Å².